The minimum absolute atomic E-state index is 0.0311. The van der Waals surface area contributed by atoms with Gasteiger partial charge in [-0.05, 0) is 36.4 Å². The van der Waals surface area contributed by atoms with Gasteiger partial charge in [0.15, 0.2) is 9.84 Å². The van der Waals surface area contributed by atoms with Gasteiger partial charge in [0, 0.05) is 22.9 Å². The number of sulfone groups is 1. The number of para-hydroxylation sites is 2. The van der Waals surface area contributed by atoms with E-state index in [1.54, 1.807) is 36.4 Å². The van der Waals surface area contributed by atoms with Gasteiger partial charge in [0.25, 0.3) is 0 Å². The Hall–Kier alpha value is -4.31. The van der Waals surface area contributed by atoms with Gasteiger partial charge >= 0.3 is 5.97 Å². The zero-order chi connectivity index (χ0) is 23.9. The maximum atomic E-state index is 12.3. The van der Waals surface area contributed by atoms with Crippen LogP contribution in [0.1, 0.15) is 10.4 Å². The van der Waals surface area contributed by atoms with E-state index in [0.717, 1.165) is 11.9 Å². The van der Waals surface area contributed by atoms with E-state index >= 15 is 0 Å². The first-order chi connectivity index (χ1) is 16.3. The molecule has 2 aromatic heterocycles. The number of rotatable bonds is 6. The number of nitrogens with one attached hydrogen (secondary N) is 1. The SMILES string of the molecule is CS(=O)(=O)CNc1ccccc1-c1cc(C(=O)O)c2c(ccc3nn(-c4ccccc4)nc32)n1. The molecular weight excluding hydrogens is 454 g/mol. The Balaban J connectivity index is 1.70. The summed E-state index contributed by atoms with van der Waals surface area (Å²) in [6.07, 6.45) is 1.13. The Labute approximate surface area is 194 Å². The van der Waals surface area contributed by atoms with Crippen molar-refractivity contribution in [2.24, 2.45) is 0 Å². The molecule has 0 amide bonds. The van der Waals surface area contributed by atoms with Crippen LogP contribution in [0, 0.1) is 0 Å². The first kappa shape index (κ1) is 21.5. The molecule has 9 nitrogen and oxygen atoms in total. The highest BCUT2D eigenvalue weighted by molar-refractivity contribution is 7.90. The lowest BCUT2D eigenvalue weighted by molar-refractivity contribution is 0.0699. The molecule has 2 N–H and O–H groups in total. The molecule has 5 rings (SSSR count). The van der Waals surface area contributed by atoms with Crippen LogP contribution in [0.25, 0.3) is 38.9 Å². The topological polar surface area (TPSA) is 127 Å². The number of benzene rings is 3. The highest BCUT2D eigenvalue weighted by Crippen LogP contribution is 2.32. The predicted molar refractivity (Wildman–Crippen MR) is 130 cm³/mol. The van der Waals surface area contributed by atoms with Gasteiger partial charge in [0.05, 0.1) is 22.5 Å². The van der Waals surface area contributed by atoms with Crippen LogP contribution in [0.5, 0.6) is 0 Å². The Morgan fingerprint density at radius 1 is 0.971 bits per heavy atom. The molecule has 34 heavy (non-hydrogen) atoms. The maximum Gasteiger partial charge on any atom is 0.336 e. The van der Waals surface area contributed by atoms with Crippen molar-refractivity contribution in [1.82, 2.24) is 20.0 Å². The molecule has 10 heteroatoms. The Kier molecular flexibility index (Phi) is 5.21. The van der Waals surface area contributed by atoms with E-state index in [0.29, 0.717) is 38.9 Å². The number of aromatic carboxylic acids is 1. The number of carbonyl (C=O) groups is 1. The standard InChI is InChI=1S/C24H19N5O4S/c1-34(32,33)14-25-18-10-6-5-9-16(18)21-13-17(24(30)31)22-19(26-21)11-12-20-23(22)28-29(27-20)15-7-3-2-4-8-15/h2-13,25H,14H2,1H3,(H,30,31). The molecular formula is C24H19N5O4S. The number of fused-ring (bicyclic) bond motifs is 3. The Morgan fingerprint density at radius 2 is 1.68 bits per heavy atom. The molecule has 2 heterocycles. The highest BCUT2D eigenvalue weighted by atomic mass is 32.2. The van der Waals surface area contributed by atoms with Gasteiger partial charge in [0.1, 0.15) is 16.9 Å². The minimum atomic E-state index is -3.27. The van der Waals surface area contributed by atoms with E-state index in [1.807, 2.05) is 30.3 Å². The number of hydrogen-bond donors (Lipinski definition) is 2. The summed E-state index contributed by atoms with van der Waals surface area (Å²) < 4.78 is 23.3. The first-order valence-corrected chi connectivity index (χ1v) is 12.4. The molecule has 0 unspecified atom stereocenters. The molecule has 0 fully saturated rings. The molecule has 5 aromatic rings. The fraction of sp³-hybridized carbons (Fsp3) is 0.0833. The zero-order valence-electron chi connectivity index (χ0n) is 18.0. The third kappa shape index (κ3) is 4.06. The molecule has 0 aliphatic carbocycles. The predicted octanol–water partition coefficient (Wildman–Crippen LogP) is 3.75. The van der Waals surface area contributed by atoms with Gasteiger partial charge in [-0.3, -0.25) is 0 Å². The lowest BCUT2D eigenvalue weighted by Gasteiger charge is -2.13. The molecule has 170 valence electrons. The van der Waals surface area contributed by atoms with Crippen molar-refractivity contribution >= 4 is 43.4 Å². The Bertz CT molecular complexity index is 1660. The molecule has 0 atom stereocenters. The van der Waals surface area contributed by atoms with Crippen molar-refractivity contribution in [2.75, 3.05) is 17.4 Å². The van der Waals surface area contributed by atoms with Gasteiger partial charge in [-0.1, -0.05) is 36.4 Å². The number of hydrogen-bond acceptors (Lipinski definition) is 7. The fourth-order valence-corrected chi connectivity index (χ4v) is 4.17. The number of anilines is 1. The van der Waals surface area contributed by atoms with E-state index in [2.05, 4.69) is 15.5 Å². The smallest absolute Gasteiger partial charge is 0.336 e. The van der Waals surface area contributed by atoms with Gasteiger partial charge in [-0.2, -0.15) is 4.80 Å². The summed E-state index contributed by atoms with van der Waals surface area (Å²) in [5.74, 6) is -1.39. The van der Waals surface area contributed by atoms with Crippen molar-refractivity contribution in [3.63, 3.8) is 0 Å². The second kappa shape index (κ2) is 8.23. The third-order valence-corrected chi connectivity index (χ3v) is 5.94. The fourth-order valence-electron chi connectivity index (χ4n) is 3.75. The lowest BCUT2D eigenvalue weighted by atomic mass is 10.0. The van der Waals surface area contributed by atoms with Crippen molar-refractivity contribution < 1.29 is 18.3 Å². The molecule has 3 aromatic carbocycles. The van der Waals surface area contributed by atoms with E-state index in [1.165, 1.54) is 10.9 Å². The maximum absolute atomic E-state index is 12.3. The second-order valence-corrected chi connectivity index (χ2v) is 9.95. The summed E-state index contributed by atoms with van der Waals surface area (Å²) in [5.41, 5.74) is 3.72. The van der Waals surface area contributed by atoms with Gasteiger partial charge in [-0.25, -0.2) is 18.2 Å². The van der Waals surface area contributed by atoms with Crippen LogP contribution in [-0.4, -0.2) is 51.6 Å². The normalized spacial score (nSPS) is 11.7. The zero-order valence-corrected chi connectivity index (χ0v) is 18.8. The van der Waals surface area contributed by atoms with Crippen molar-refractivity contribution in [1.29, 1.82) is 0 Å². The summed E-state index contributed by atoms with van der Waals surface area (Å²) >= 11 is 0. The van der Waals surface area contributed by atoms with Gasteiger partial charge < -0.3 is 10.4 Å². The van der Waals surface area contributed by atoms with Crippen molar-refractivity contribution in [2.45, 2.75) is 0 Å². The van der Waals surface area contributed by atoms with Crippen LogP contribution < -0.4 is 5.32 Å². The van der Waals surface area contributed by atoms with Crippen LogP contribution in [-0.2, 0) is 9.84 Å². The van der Waals surface area contributed by atoms with Crippen LogP contribution in [0.3, 0.4) is 0 Å². The monoisotopic (exact) mass is 473 g/mol. The number of nitrogens with zero attached hydrogens (tertiary/aromatic N) is 4. The lowest BCUT2D eigenvalue weighted by Crippen LogP contribution is -2.13. The van der Waals surface area contributed by atoms with Gasteiger partial charge in [0.2, 0.25) is 0 Å². The largest absolute Gasteiger partial charge is 0.478 e. The summed E-state index contributed by atoms with van der Waals surface area (Å²) in [6.45, 7) is 0. The Morgan fingerprint density at radius 3 is 2.41 bits per heavy atom. The first-order valence-electron chi connectivity index (χ1n) is 10.3. The summed E-state index contributed by atoms with van der Waals surface area (Å²) in [4.78, 5) is 18.4. The molecule has 0 saturated carbocycles. The molecule has 0 saturated heterocycles. The highest BCUT2D eigenvalue weighted by Gasteiger charge is 2.19. The minimum Gasteiger partial charge on any atom is -0.478 e. The molecule has 0 bridgehead atoms. The number of pyridine rings is 1. The average molecular weight is 474 g/mol. The summed E-state index contributed by atoms with van der Waals surface area (Å²) in [7, 11) is -3.27. The van der Waals surface area contributed by atoms with Crippen LogP contribution in [0.2, 0.25) is 0 Å². The summed E-state index contributed by atoms with van der Waals surface area (Å²) in [6, 6.07) is 21.3. The van der Waals surface area contributed by atoms with Crippen molar-refractivity contribution in [3.8, 4) is 16.9 Å². The second-order valence-electron chi connectivity index (χ2n) is 7.81. The molecule has 0 radical (unpaired) electrons. The third-order valence-electron chi connectivity index (χ3n) is 5.27. The van der Waals surface area contributed by atoms with Crippen LogP contribution >= 0.6 is 0 Å². The molecule has 0 spiro atoms. The quantitative estimate of drug-likeness (QED) is 0.382. The van der Waals surface area contributed by atoms with Crippen LogP contribution in [0.15, 0.2) is 72.8 Å². The van der Waals surface area contributed by atoms with Crippen LogP contribution in [0.4, 0.5) is 5.69 Å². The van der Waals surface area contributed by atoms with Gasteiger partial charge in [-0.15, -0.1) is 10.2 Å². The number of carboxylic acids is 1. The molecule has 0 aliphatic heterocycles. The number of aromatic nitrogens is 4. The summed E-state index contributed by atoms with van der Waals surface area (Å²) in [5, 5.41) is 22.4. The van der Waals surface area contributed by atoms with E-state index in [9.17, 15) is 18.3 Å². The molecule has 0 aliphatic rings. The van der Waals surface area contributed by atoms with E-state index in [4.69, 9.17) is 4.98 Å². The van der Waals surface area contributed by atoms with Crippen molar-refractivity contribution in [3.05, 3.63) is 78.4 Å². The van der Waals surface area contributed by atoms with E-state index in [-0.39, 0.29) is 11.4 Å². The average Bonchev–Trinajstić information content (AvgIpc) is 3.27. The van der Waals surface area contributed by atoms with E-state index < -0.39 is 15.8 Å². The number of carboxylic acid groups (broad SMARTS) is 1.